The summed E-state index contributed by atoms with van der Waals surface area (Å²) in [6.07, 6.45) is -0.0183. The number of hydrogen-bond donors (Lipinski definition) is 1. The van der Waals surface area contributed by atoms with Gasteiger partial charge >= 0.3 is 0 Å². The predicted molar refractivity (Wildman–Crippen MR) is 94.8 cm³/mol. The van der Waals surface area contributed by atoms with E-state index in [4.69, 9.17) is 4.74 Å². The summed E-state index contributed by atoms with van der Waals surface area (Å²) in [7, 11) is 0. The van der Waals surface area contributed by atoms with Gasteiger partial charge in [-0.15, -0.1) is 0 Å². The van der Waals surface area contributed by atoms with Gasteiger partial charge in [0.2, 0.25) is 0 Å². The van der Waals surface area contributed by atoms with Crippen LogP contribution in [0.1, 0.15) is 30.5 Å². The zero-order valence-corrected chi connectivity index (χ0v) is 14.5. The van der Waals surface area contributed by atoms with Gasteiger partial charge < -0.3 is 14.7 Å². The van der Waals surface area contributed by atoms with E-state index in [-0.39, 0.29) is 17.7 Å². The van der Waals surface area contributed by atoms with Crippen molar-refractivity contribution in [3.8, 4) is 11.5 Å². The Labute approximate surface area is 142 Å². The van der Waals surface area contributed by atoms with E-state index in [0.717, 1.165) is 5.56 Å². The topological polar surface area (TPSA) is 49.8 Å². The van der Waals surface area contributed by atoms with Gasteiger partial charge in [-0.3, -0.25) is 4.79 Å². The zero-order chi connectivity index (χ0) is 17.4. The van der Waals surface area contributed by atoms with E-state index in [0.29, 0.717) is 17.9 Å². The number of benzene rings is 2. The van der Waals surface area contributed by atoms with Crippen molar-refractivity contribution < 1.29 is 14.6 Å². The molecule has 4 nitrogen and oxygen atoms in total. The van der Waals surface area contributed by atoms with Gasteiger partial charge in [0.15, 0.2) is 6.10 Å². The van der Waals surface area contributed by atoms with Crippen LogP contribution in [0.2, 0.25) is 0 Å². The summed E-state index contributed by atoms with van der Waals surface area (Å²) in [6, 6.07) is 11.1. The second-order valence-corrected chi connectivity index (χ2v) is 6.68. The minimum absolute atomic E-state index is 0.01000. The second kappa shape index (κ2) is 6.19. The standard InChI is InChI=1S/C20H23NO3/c1-12(2)21-17-11-16(22)7-8-18(17)24-19(20(21)23)10-15-6-5-13(3)14(4)9-15/h5-9,11-12,19,22H,10H2,1-4H3. The van der Waals surface area contributed by atoms with E-state index in [9.17, 15) is 9.90 Å². The maximum atomic E-state index is 12.9. The van der Waals surface area contributed by atoms with Crippen LogP contribution in [0.5, 0.6) is 11.5 Å². The van der Waals surface area contributed by atoms with Crippen molar-refractivity contribution in [3.63, 3.8) is 0 Å². The molecule has 0 aliphatic carbocycles. The van der Waals surface area contributed by atoms with Crippen molar-refractivity contribution in [3.05, 3.63) is 53.1 Å². The van der Waals surface area contributed by atoms with Crippen LogP contribution in [0.15, 0.2) is 36.4 Å². The van der Waals surface area contributed by atoms with E-state index in [1.54, 1.807) is 23.1 Å². The molecule has 126 valence electrons. The molecule has 3 rings (SSSR count). The third-order valence-electron chi connectivity index (χ3n) is 4.49. The van der Waals surface area contributed by atoms with Crippen molar-refractivity contribution in [2.45, 2.75) is 46.3 Å². The number of rotatable bonds is 3. The molecule has 1 amide bonds. The lowest BCUT2D eigenvalue weighted by Crippen LogP contribution is -2.49. The summed E-state index contributed by atoms with van der Waals surface area (Å²) in [4.78, 5) is 14.6. The SMILES string of the molecule is Cc1ccc(CC2Oc3ccc(O)cc3N(C(C)C)C2=O)cc1C. The highest BCUT2D eigenvalue weighted by Gasteiger charge is 2.36. The average Bonchev–Trinajstić information content (AvgIpc) is 2.51. The first-order valence-corrected chi connectivity index (χ1v) is 8.25. The van der Waals surface area contributed by atoms with Crippen LogP contribution < -0.4 is 9.64 Å². The number of nitrogens with zero attached hydrogens (tertiary/aromatic N) is 1. The first-order chi connectivity index (χ1) is 11.4. The van der Waals surface area contributed by atoms with Crippen molar-refractivity contribution >= 4 is 11.6 Å². The van der Waals surface area contributed by atoms with Gasteiger partial charge in [-0.05, 0) is 56.5 Å². The fraction of sp³-hybridized carbons (Fsp3) is 0.350. The molecular formula is C20H23NO3. The molecule has 0 fully saturated rings. The minimum atomic E-state index is -0.549. The van der Waals surface area contributed by atoms with Crippen LogP contribution in [0.4, 0.5) is 5.69 Å². The molecule has 0 spiro atoms. The van der Waals surface area contributed by atoms with Gasteiger partial charge in [-0.25, -0.2) is 0 Å². The Morgan fingerprint density at radius 3 is 2.54 bits per heavy atom. The number of carbonyl (C=O) groups excluding carboxylic acids is 1. The molecule has 24 heavy (non-hydrogen) atoms. The summed E-state index contributed by atoms with van der Waals surface area (Å²) in [5, 5.41) is 9.74. The maximum Gasteiger partial charge on any atom is 0.268 e. The molecule has 1 atom stereocenters. The van der Waals surface area contributed by atoms with Gasteiger partial charge in [0, 0.05) is 18.5 Å². The molecule has 0 saturated carbocycles. The quantitative estimate of drug-likeness (QED) is 0.935. The number of fused-ring (bicyclic) bond motifs is 1. The van der Waals surface area contributed by atoms with Crippen molar-refractivity contribution in [2.75, 3.05) is 4.90 Å². The summed E-state index contributed by atoms with van der Waals surface area (Å²) in [6.45, 7) is 8.07. The number of aryl methyl sites for hydroxylation is 2. The molecular weight excluding hydrogens is 302 g/mol. The molecule has 2 aromatic carbocycles. The number of hydrogen-bond acceptors (Lipinski definition) is 3. The minimum Gasteiger partial charge on any atom is -0.508 e. The molecule has 0 aromatic heterocycles. The number of phenolic OH excluding ortho intramolecular Hbond substituents is 1. The van der Waals surface area contributed by atoms with E-state index in [2.05, 4.69) is 26.0 Å². The first-order valence-electron chi connectivity index (χ1n) is 8.25. The Morgan fingerprint density at radius 1 is 1.12 bits per heavy atom. The highest BCUT2D eigenvalue weighted by atomic mass is 16.5. The van der Waals surface area contributed by atoms with Crippen LogP contribution in [-0.2, 0) is 11.2 Å². The molecule has 0 bridgehead atoms. The fourth-order valence-corrected chi connectivity index (χ4v) is 3.08. The van der Waals surface area contributed by atoms with Crippen molar-refractivity contribution in [1.82, 2.24) is 0 Å². The first kappa shape index (κ1) is 16.4. The van der Waals surface area contributed by atoms with Crippen LogP contribution in [0, 0.1) is 13.8 Å². The molecule has 1 unspecified atom stereocenters. The fourth-order valence-electron chi connectivity index (χ4n) is 3.08. The van der Waals surface area contributed by atoms with Crippen LogP contribution >= 0.6 is 0 Å². The zero-order valence-electron chi connectivity index (χ0n) is 14.5. The Balaban J connectivity index is 1.94. The number of carbonyl (C=O) groups is 1. The maximum absolute atomic E-state index is 12.9. The van der Waals surface area contributed by atoms with Gasteiger partial charge in [0.25, 0.3) is 5.91 Å². The number of amides is 1. The smallest absolute Gasteiger partial charge is 0.268 e. The van der Waals surface area contributed by atoms with Gasteiger partial charge in [0.1, 0.15) is 11.5 Å². The van der Waals surface area contributed by atoms with E-state index in [1.807, 2.05) is 19.9 Å². The third kappa shape index (κ3) is 2.96. The summed E-state index contributed by atoms with van der Waals surface area (Å²) >= 11 is 0. The highest BCUT2D eigenvalue weighted by Crippen LogP contribution is 2.38. The Hall–Kier alpha value is -2.49. The van der Waals surface area contributed by atoms with Crippen LogP contribution in [0.25, 0.3) is 0 Å². The molecule has 2 aromatic rings. The molecule has 0 saturated heterocycles. The summed E-state index contributed by atoms with van der Waals surface area (Å²) in [5.41, 5.74) is 4.16. The normalized spacial score (nSPS) is 17.0. The van der Waals surface area contributed by atoms with Gasteiger partial charge in [-0.2, -0.15) is 0 Å². The molecule has 1 heterocycles. The van der Waals surface area contributed by atoms with E-state index >= 15 is 0 Å². The lowest BCUT2D eigenvalue weighted by atomic mass is 10.00. The average molecular weight is 325 g/mol. The molecule has 0 radical (unpaired) electrons. The van der Waals surface area contributed by atoms with Gasteiger partial charge in [-0.1, -0.05) is 18.2 Å². The summed E-state index contributed by atoms with van der Waals surface area (Å²) in [5.74, 6) is 0.694. The van der Waals surface area contributed by atoms with Crippen molar-refractivity contribution in [1.29, 1.82) is 0 Å². The molecule has 1 aliphatic heterocycles. The lowest BCUT2D eigenvalue weighted by molar-refractivity contribution is -0.126. The predicted octanol–water partition coefficient (Wildman–Crippen LogP) is 3.75. The van der Waals surface area contributed by atoms with Crippen molar-refractivity contribution in [2.24, 2.45) is 0 Å². The molecule has 1 aliphatic rings. The Bertz CT molecular complexity index is 782. The van der Waals surface area contributed by atoms with E-state index < -0.39 is 6.10 Å². The number of ether oxygens (including phenoxy) is 1. The summed E-state index contributed by atoms with van der Waals surface area (Å²) < 4.78 is 5.95. The number of aromatic hydroxyl groups is 1. The Morgan fingerprint density at radius 2 is 1.88 bits per heavy atom. The monoisotopic (exact) mass is 325 g/mol. The Kier molecular flexibility index (Phi) is 4.22. The number of phenols is 1. The van der Waals surface area contributed by atoms with Gasteiger partial charge in [0.05, 0.1) is 5.69 Å². The second-order valence-electron chi connectivity index (χ2n) is 6.68. The number of anilines is 1. The van der Waals surface area contributed by atoms with E-state index in [1.165, 1.54) is 11.1 Å². The van der Waals surface area contributed by atoms with Crippen LogP contribution in [0.3, 0.4) is 0 Å². The van der Waals surface area contributed by atoms with Crippen LogP contribution in [-0.4, -0.2) is 23.2 Å². The molecule has 1 N–H and O–H groups in total. The molecule has 4 heteroatoms. The largest absolute Gasteiger partial charge is 0.508 e. The highest BCUT2D eigenvalue weighted by molar-refractivity contribution is 6.00. The lowest BCUT2D eigenvalue weighted by Gasteiger charge is -2.37. The third-order valence-corrected chi connectivity index (χ3v) is 4.49.